The van der Waals surface area contributed by atoms with Crippen molar-refractivity contribution in [1.29, 1.82) is 0 Å². The first-order chi connectivity index (χ1) is 9.06. The van der Waals surface area contributed by atoms with E-state index in [1.54, 1.807) is 11.3 Å². The summed E-state index contributed by atoms with van der Waals surface area (Å²) in [5.41, 5.74) is 8.93. The van der Waals surface area contributed by atoms with E-state index in [0.717, 1.165) is 22.1 Å². The van der Waals surface area contributed by atoms with Gasteiger partial charge in [-0.25, -0.2) is 0 Å². The van der Waals surface area contributed by atoms with Crippen molar-refractivity contribution in [1.82, 2.24) is 0 Å². The van der Waals surface area contributed by atoms with Crippen LogP contribution in [-0.2, 0) is 6.42 Å². The zero-order chi connectivity index (χ0) is 13.8. The molecule has 0 spiro atoms. The number of hydrogen-bond donors (Lipinski definition) is 2. The Labute approximate surface area is 131 Å². The fourth-order valence-corrected chi connectivity index (χ4v) is 3.49. The van der Waals surface area contributed by atoms with Crippen molar-refractivity contribution in [2.24, 2.45) is 5.73 Å². The van der Waals surface area contributed by atoms with E-state index in [4.69, 9.17) is 18.0 Å². The Morgan fingerprint density at radius 3 is 2.84 bits per heavy atom. The van der Waals surface area contributed by atoms with Gasteiger partial charge in [0.2, 0.25) is 0 Å². The molecule has 0 bridgehead atoms. The number of hydrogen-bond acceptors (Lipinski definition) is 3. The zero-order valence-electron chi connectivity index (χ0n) is 10.5. The van der Waals surface area contributed by atoms with Crippen LogP contribution >= 0.6 is 39.5 Å². The molecule has 0 aliphatic rings. The summed E-state index contributed by atoms with van der Waals surface area (Å²) < 4.78 is 0.924. The molecule has 2 nitrogen and oxygen atoms in total. The van der Waals surface area contributed by atoms with Crippen LogP contribution in [-0.4, -0.2) is 11.0 Å². The molecule has 5 heteroatoms. The van der Waals surface area contributed by atoms with Crippen LogP contribution in [0.3, 0.4) is 0 Å². The maximum atomic E-state index is 5.64. The van der Waals surface area contributed by atoms with Crippen LogP contribution in [0.2, 0.25) is 0 Å². The molecule has 1 aromatic heterocycles. The number of benzene rings is 1. The molecule has 1 heterocycles. The van der Waals surface area contributed by atoms with E-state index in [0.29, 0.717) is 11.0 Å². The lowest BCUT2D eigenvalue weighted by Crippen LogP contribution is -2.18. The van der Waals surface area contributed by atoms with Crippen molar-refractivity contribution < 1.29 is 0 Å². The Balaban J connectivity index is 2.03. The van der Waals surface area contributed by atoms with Crippen molar-refractivity contribution in [3.63, 3.8) is 0 Å². The van der Waals surface area contributed by atoms with Crippen molar-refractivity contribution >= 4 is 50.2 Å². The average Bonchev–Trinajstić information content (AvgIpc) is 2.81. The van der Waals surface area contributed by atoms with E-state index >= 15 is 0 Å². The first-order valence-electron chi connectivity index (χ1n) is 5.93. The average molecular weight is 355 g/mol. The van der Waals surface area contributed by atoms with Gasteiger partial charge < -0.3 is 11.1 Å². The van der Waals surface area contributed by atoms with E-state index in [-0.39, 0.29) is 0 Å². The molecule has 0 fully saturated rings. The minimum Gasteiger partial charge on any atom is -0.389 e. The van der Waals surface area contributed by atoms with E-state index in [2.05, 4.69) is 45.0 Å². The third-order valence-electron chi connectivity index (χ3n) is 2.77. The molecule has 0 aliphatic carbocycles. The smallest absolute Gasteiger partial charge is 0.105 e. The zero-order valence-corrected chi connectivity index (χ0v) is 13.7. The minimum absolute atomic E-state index is 0.372. The van der Waals surface area contributed by atoms with E-state index < -0.39 is 0 Å². The summed E-state index contributed by atoms with van der Waals surface area (Å²) >= 11 is 10.2. The molecule has 2 aromatic rings. The summed E-state index contributed by atoms with van der Waals surface area (Å²) in [5, 5.41) is 7.77. The standard InChI is InChI=1S/C14H15BrN2S2/c1-9(6-10-4-5-19-8-10)17-11-2-3-12(14(16)18)13(15)7-11/h2-5,7-9,17H,6H2,1H3,(H2,16,18). The normalized spacial score (nSPS) is 12.1. The van der Waals surface area contributed by atoms with Crippen LogP contribution in [0, 0.1) is 0 Å². The Hall–Kier alpha value is -0.910. The number of nitrogens with one attached hydrogen (secondary N) is 1. The maximum Gasteiger partial charge on any atom is 0.105 e. The van der Waals surface area contributed by atoms with Crippen molar-refractivity contribution in [2.75, 3.05) is 5.32 Å². The number of thiocarbonyl (C=S) groups is 1. The molecular weight excluding hydrogens is 340 g/mol. The van der Waals surface area contributed by atoms with Gasteiger partial charge in [-0.3, -0.25) is 0 Å². The third kappa shape index (κ3) is 4.03. The van der Waals surface area contributed by atoms with Crippen LogP contribution in [0.15, 0.2) is 39.5 Å². The summed E-state index contributed by atoms with van der Waals surface area (Å²) in [6.45, 7) is 2.17. The molecule has 0 amide bonds. The lowest BCUT2D eigenvalue weighted by molar-refractivity contribution is 0.792. The molecule has 100 valence electrons. The largest absolute Gasteiger partial charge is 0.389 e. The summed E-state index contributed by atoms with van der Waals surface area (Å²) in [6, 6.07) is 8.49. The van der Waals surface area contributed by atoms with E-state index in [1.165, 1.54) is 5.56 Å². The quantitative estimate of drug-likeness (QED) is 0.790. The van der Waals surface area contributed by atoms with Gasteiger partial charge in [0.15, 0.2) is 0 Å². The highest BCUT2D eigenvalue weighted by Gasteiger charge is 2.07. The molecule has 0 radical (unpaired) electrons. The molecule has 0 aliphatic heterocycles. The molecule has 2 rings (SSSR count). The van der Waals surface area contributed by atoms with Crippen molar-refractivity contribution in [3.8, 4) is 0 Å². The van der Waals surface area contributed by atoms with Crippen LogP contribution in [0.25, 0.3) is 0 Å². The van der Waals surface area contributed by atoms with Gasteiger partial charge in [-0.1, -0.05) is 12.2 Å². The molecule has 3 N–H and O–H groups in total. The Morgan fingerprint density at radius 1 is 1.47 bits per heavy atom. The first kappa shape index (κ1) is 14.5. The molecule has 1 unspecified atom stereocenters. The second-order valence-electron chi connectivity index (χ2n) is 4.44. The van der Waals surface area contributed by atoms with E-state index in [9.17, 15) is 0 Å². The Bertz CT molecular complexity index is 567. The van der Waals surface area contributed by atoms with Gasteiger partial charge in [-0.15, -0.1) is 0 Å². The van der Waals surface area contributed by atoms with Gasteiger partial charge in [-0.05, 0) is 69.9 Å². The molecule has 19 heavy (non-hydrogen) atoms. The summed E-state index contributed by atoms with van der Waals surface area (Å²) in [6.07, 6.45) is 1.01. The van der Waals surface area contributed by atoms with Crippen molar-refractivity contribution in [3.05, 3.63) is 50.6 Å². The highest BCUT2D eigenvalue weighted by atomic mass is 79.9. The molecule has 1 aromatic carbocycles. The predicted molar refractivity (Wildman–Crippen MR) is 91.1 cm³/mol. The van der Waals surface area contributed by atoms with Gasteiger partial charge in [-0.2, -0.15) is 11.3 Å². The van der Waals surface area contributed by atoms with Gasteiger partial charge in [0.25, 0.3) is 0 Å². The summed E-state index contributed by atoms with van der Waals surface area (Å²) in [5.74, 6) is 0. The molecule has 0 saturated carbocycles. The first-order valence-corrected chi connectivity index (χ1v) is 8.07. The van der Waals surface area contributed by atoms with Crippen LogP contribution in [0.5, 0.6) is 0 Å². The Kier molecular flexibility index (Phi) is 4.96. The predicted octanol–water partition coefficient (Wildman–Crippen LogP) is 4.19. The Morgan fingerprint density at radius 2 is 2.26 bits per heavy atom. The minimum atomic E-state index is 0.372. The monoisotopic (exact) mass is 354 g/mol. The third-order valence-corrected chi connectivity index (χ3v) is 4.38. The van der Waals surface area contributed by atoms with E-state index in [1.807, 2.05) is 18.2 Å². The second kappa shape index (κ2) is 6.50. The number of anilines is 1. The van der Waals surface area contributed by atoms with Crippen LogP contribution in [0.4, 0.5) is 5.69 Å². The van der Waals surface area contributed by atoms with Crippen LogP contribution in [0.1, 0.15) is 18.1 Å². The lowest BCUT2D eigenvalue weighted by Gasteiger charge is -2.15. The summed E-state index contributed by atoms with van der Waals surface area (Å²) in [7, 11) is 0. The highest BCUT2D eigenvalue weighted by Crippen LogP contribution is 2.22. The van der Waals surface area contributed by atoms with Gasteiger partial charge in [0.1, 0.15) is 4.99 Å². The summed E-state index contributed by atoms with van der Waals surface area (Å²) in [4.78, 5) is 0.407. The molecule has 1 atom stereocenters. The fourth-order valence-electron chi connectivity index (χ4n) is 1.90. The van der Waals surface area contributed by atoms with Gasteiger partial charge in [0.05, 0.1) is 0 Å². The number of thiophene rings is 1. The molecular formula is C14H15BrN2S2. The lowest BCUT2D eigenvalue weighted by atomic mass is 10.1. The van der Waals surface area contributed by atoms with Gasteiger partial charge >= 0.3 is 0 Å². The topological polar surface area (TPSA) is 38.0 Å². The second-order valence-corrected chi connectivity index (χ2v) is 6.51. The molecule has 0 saturated heterocycles. The maximum absolute atomic E-state index is 5.64. The van der Waals surface area contributed by atoms with Crippen molar-refractivity contribution in [2.45, 2.75) is 19.4 Å². The fraction of sp³-hybridized carbons (Fsp3) is 0.214. The highest BCUT2D eigenvalue weighted by molar-refractivity contribution is 9.10. The SMILES string of the molecule is CC(Cc1ccsc1)Nc1ccc(C(N)=S)c(Br)c1. The number of halogens is 1. The number of nitrogens with two attached hydrogens (primary N) is 1. The van der Waals surface area contributed by atoms with Crippen LogP contribution < -0.4 is 11.1 Å². The van der Waals surface area contributed by atoms with Gasteiger partial charge in [0, 0.05) is 21.8 Å². The number of rotatable bonds is 5.